The van der Waals surface area contributed by atoms with Gasteiger partial charge in [0.25, 0.3) is 0 Å². The van der Waals surface area contributed by atoms with Gasteiger partial charge in [-0.15, -0.1) is 11.3 Å². The molecule has 0 aromatic carbocycles. The number of aromatic nitrogens is 2. The Balaban J connectivity index is 1.77. The van der Waals surface area contributed by atoms with Crippen LogP contribution in [0.25, 0.3) is 0 Å². The fraction of sp³-hybridized carbons (Fsp3) is 0.538. The Hall–Kier alpha value is -1.24. The van der Waals surface area contributed by atoms with E-state index >= 15 is 0 Å². The highest BCUT2D eigenvalue weighted by molar-refractivity contribution is 7.09. The molecular weight excluding hydrogens is 262 g/mol. The van der Waals surface area contributed by atoms with Crippen LogP contribution in [0.2, 0.25) is 0 Å². The summed E-state index contributed by atoms with van der Waals surface area (Å²) in [6, 6.07) is 2.20. The molecular formula is C13H17N3O2S. The summed E-state index contributed by atoms with van der Waals surface area (Å²) in [5.41, 5.74) is 2.07. The molecule has 2 aromatic rings. The van der Waals surface area contributed by atoms with E-state index in [1.165, 1.54) is 0 Å². The first-order valence-corrected chi connectivity index (χ1v) is 7.26. The molecule has 1 saturated heterocycles. The first kappa shape index (κ1) is 12.8. The molecule has 1 fully saturated rings. The van der Waals surface area contributed by atoms with E-state index in [1.807, 2.05) is 19.9 Å². The first-order valence-electron chi connectivity index (χ1n) is 6.38. The quantitative estimate of drug-likeness (QED) is 0.863. The number of nitrogens with zero attached hydrogens (tertiary/aromatic N) is 3. The first-order chi connectivity index (χ1) is 9.22. The number of morpholine rings is 1. The molecule has 3 rings (SSSR count). The zero-order chi connectivity index (χ0) is 13.2. The molecule has 0 amide bonds. The standard InChI is InChI=1S/C13H17N3O2S/c1-9-5-11(15-18-9)6-16-3-4-17-7-13(16)12-8-19-10(2)14-12/h5,8,13H,3-4,6-7H2,1-2H3/t13-/m0/s1. The van der Waals surface area contributed by atoms with E-state index in [0.29, 0.717) is 6.61 Å². The molecule has 0 radical (unpaired) electrons. The molecule has 0 aliphatic carbocycles. The lowest BCUT2D eigenvalue weighted by atomic mass is 10.1. The van der Waals surface area contributed by atoms with Crippen LogP contribution in [-0.2, 0) is 11.3 Å². The lowest BCUT2D eigenvalue weighted by Crippen LogP contribution is -2.39. The molecule has 5 nitrogen and oxygen atoms in total. The van der Waals surface area contributed by atoms with Gasteiger partial charge in [-0.05, 0) is 13.8 Å². The molecule has 19 heavy (non-hydrogen) atoms. The van der Waals surface area contributed by atoms with Crippen molar-refractivity contribution in [2.75, 3.05) is 19.8 Å². The summed E-state index contributed by atoms with van der Waals surface area (Å²) in [7, 11) is 0. The Bertz CT molecular complexity index is 552. The highest BCUT2D eigenvalue weighted by Gasteiger charge is 2.27. The maximum Gasteiger partial charge on any atom is 0.133 e. The van der Waals surface area contributed by atoms with Gasteiger partial charge in [0, 0.05) is 24.5 Å². The average Bonchev–Trinajstić information content (AvgIpc) is 2.99. The third-order valence-corrected chi connectivity index (χ3v) is 4.05. The highest BCUT2D eigenvalue weighted by atomic mass is 32.1. The van der Waals surface area contributed by atoms with Crippen molar-refractivity contribution in [3.8, 4) is 0 Å². The van der Waals surface area contributed by atoms with Crippen molar-refractivity contribution >= 4 is 11.3 Å². The topological polar surface area (TPSA) is 51.4 Å². The minimum atomic E-state index is 0.218. The van der Waals surface area contributed by atoms with Gasteiger partial charge in [-0.25, -0.2) is 4.98 Å². The monoisotopic (exact) mass is 279 g/mol. The SMILES string of the molecule is Cc1cc(CN2CCOC[C@H]2c2csc(C)n2)no1. The normalized spacial score (nSPS) is 20.8. The van der Waals surface area contributed by atoms with Crippen molar-refractivity contribution in [3.63, 3.8) is 0 Å². The van der Waals surface area contributed by atoms with Crippen LogP contribution in [-0.4, -0.2) is 34.8 Å². The zero-order valence-corrected chi connectivity index (χ0v) is 11.9. The molecule has 3 heterocycles. The number of ether oxygens (including phenoxy) is 1. The molecule has 0 saturated carbocycles. The second-order valence-corrected chi connectivity index (χ2v) is 5.84. The van der Waals surface area contributed by atoms with Crippen molar-refractivity contribution in [3.05, 3.63) is 33.6 Å². The molecule has 1 aliphatic rings. The van der Waals surface area contributed by atoms with Gasteiger partial charge >= 0.3 is 0 Å². The number of thiazole rings is 1. The Kier molecular flexibility index (Phi) is 3.63. The molecule has 102 valence electrons. The van der Waals surface area contributed by atoms with Crippen molar-refractivity contribution in [1.29, 1.82) is 0 Å². The largest absolute Gasteiger partial charge is 0.378 e. The summed E-state index contributed by atoms with van der Waals surface area (Å²) < 4.78 is 10.7. The minimum absolute atomic E-state index is 0.218. The molecule has 1 atom stereocenters. The van der Waals surface area contributed by atoms with Crippen molar-refractivity contribution in [1.82, 2.24) is 15.0 Å². The van der Waals surface area contributed by atoms with Crippen LogP contribution in [0.15, 0.2) is 16.0 Å². The van der Waals surface area contributed by atoms with Crippen LogP contribution in [0.3, 0.4) is 0 Å². The summed E-state index contributed by atoms with van der Waals surface area (Å²) in [4.78, 5) is 6.94. The third kappa shape index (κ3) is 2.86. The number of hydrogen-bond donors (Lipinski definition) is 0. The summed E-state index contributed by atoms with van der Waals surface area (Å²) in [6.07, 6.45) is 0. The van der Waals surface area contributed by atoms with Gasteiger partial charge < -0.3 is 9.26 Å². The van der Waals surface area contributed by atoms with E-state index in [1.54, 1.807) is 11.3 Å². The van der Waals surface area contributed by atoms with Crippen molar-refractivity contribution in [2.45, 2.75) is 26.4 Å². The van der Waals surface area contributed by atoms with E-state index in [4.69, 9.17) is 9.26 Å². The van der Waals surface area contributed by atoms with Crippen LogP contribution in [0, 0.1) is 13.8 Å². The Morgan fingerprint density at radius 3 is 3.05 bits per heavy atom. The minimum Gasteiger partial charge on any atom is -0.378 e. The van der Waals surface area contributed by atoms with Crippen LogP contribution < -0.4 is 0 Å². The summed E-state index contributed by atoms with van der Waals surface area (Å²) in [6.45, 7) is 7.08. The van der Waals surface area contributed by atoms with E-state index < -0.39 is 0 Å². The molecule has 6 heteroatoms. The Morgan fingerprint density at radius 1 is 1.47 bits per heavy atom. The summed E-state index contributed by atoms with van der Waals surface area (Å²) >= 11 is 1.68. The average molecular weight is 279 g/mol. The summed E-state index contributed by atoms with van der Waals surface area (Å²) in [5, 5.41) is 7.28. The Labute approximate surface area is 116 Å². The van der Waals surface area contributed by atoms with Crippen molar-refractivity contribution in [2.24, 2.45) is 0 Å². The third-order valence-electron chi connectivity index (χ3n) is 3.26. The van der Waals surface area contributed by atoms with Gasteiger partial charge in [0.05, 0.1) is 35.7 Å². The van der Waals surface area contributed by atoms with Gasteiger partial charge in [-0.2, -0.15) is 0 Å². The van der Waals surface area contributed by atoms with Gasteiger partial charge in [0.15, 0.2) is 0 Å². The van der Waals surface area contributed by atoms with Crippen molar-refractivity contribution < 1.29 is 9.26 Å². The second kappa shape index (κ2) is 5.40. The van der Waals surface area contributed by atoms with Gasteiger partial charge in [-0.1, -0.05) is 5.16 Å². The van der Waals surface area contributed by atoms with Crippen LogP contribution >= 0.6 is 11.3 Å². The maximum absolute atomic E-state index is 5.60. The number of hydrogen-bond acceptors (Lipinski definition) is 6. The van der Waals surface area contributed by atoms with Crippen LogP contribution in [0.4, 0.5) is 0 Å². The zero-order valence-electron chi connectivity index (χ0n) is 11.1. The van der Waals surface area contributed by atoms with E-state index in [2.05, 4.69) is 20.4 Å². The molecule has 0 bridgehead atoms. The van der Waals surface area contributed by atoms with Gasteiger partial charge in [-0.3, -0.25) is 4.90 Å². The van der Waals surface area contributed by atoms with Gasteiger partial charge in [0.1, 0.15) is 5.76 Å². The van der Waals surface area contributed by atoms with Gasteiger partial charge in [0.2, 0.25) is 0 Å². The maximum atomic E-state index is 5.60. The van der Waals surface area contributed by atoms with Crippen LogP contribution in [0.5, 0.6) is 0 Å². The smallest absolute Gasteiger partial charge is 0.133 e. The lowest BCUT2D eigenvalue weighted by molar-refractivity contribution is -0.0149. The fourth-order valence-electron chi connectivity index (χ4n) is 2.33. The molecule has 0 N–H and O–H groups in total. The number of aryl methyl sites for hydroxylation is 2. The Morgan fingerprint density at radius 2 is 2.37 bits per heavy atom. The lowest BCUT2D eigenvalue weighted by Gasteiger charge is -2.33. The van der Waals surface area contributed by atoms with E-state index in [0.717, 1.165) is 41.9 Å². The highest BCUT2D eigenvalue weighted by Crippen LogP contribution is 2.26. The summed E-state index contributed by atoms with van der Waals surface area (Å²) in [5.74, 6) is 0.851. The fourth-order valence-corrected chi connectivity index (χ4v) is 2.99. The second-order valence-electron chi connectivity index (χ2n) is 4.78. The molecule has 0 unspecified atom stereocenters. The molecule has 2 aromatic heterocycles. The van der Waals surface area contributed by atoms with E-state index in [-0.39, 0.29) is 6.04 Å². The number of rotatable bonds is 3. The van der Waals surface area contributed by atoms with E-state index in [9.17, 15) is 0 Å². The molecule has 0 spiro atoms. The predicted octanol–water partition coefficient (Wildman–Crippen LogP) is 2.32. The predicted molar refractivity (Wildman–Crippen MR) is 72.1 cm³/mol. The molecule has 1 aliphatic heterocycles. The van der Waals surface area contributed by atoms with Crippen LogP contribution in [0.1, 0.15) is 28.2 Å².